The Hall–Kier alpha value is -1.22. The zero-order valence-corrected chi connectivity index (χ0v) is 7.52. The van der Waals surface area contributed by atoms with Crippen LogP contribution in [-0.2, 0) is 9.53 Å². The molecule has 0 aromatic carbocycles. The summed E-state index contributed by atoms with van der Waals surface area (Å²) in [4.78, 5) is 13.5. The fraction of sp³-hybridized carbons (Fsp3) is 0.857. The number of esters is 1. The van der Waals surface area contributed by atoms with E-state index in [1.807, 2.05) is 0 Å². The third-order valence-corrected chi connectivity index (χ3v) is 1.55. The number of methoxy groups -OCH3 is 1. The number of hydrogen-bond acceptors (Lipinski definition) is 3. The van der Waals surface area contributed by atoms with Gasteiger partial charge in [-0.2, -0.15) is 0 Å². The maximum atomic E-state index is 10.9. The summed E-state index contributed by atoms with van der Waals surface area (Å²) in [7, 11) is 1.34. The fourth-order valence-electron chi connectivity index (χ4n) is 0.944. The van der Waals surface area contributed by atoms with Crippen molar-refractivity contribution in [1.29, 1.82) is 0 Å². The van der Waals surface area contributed by atoms with E-state index in [0.717, 1.165) is 0 Å². The minimum atomic E-state index is -0.269. The Kier molecular flexibility index (Phi) is 4.88. The second kappa shape index (κ2) is 5.43. The summed E-state index contributed by atoms with van der Waals surface area (Å²) in [6, 6.07) is -0.163. The highest BCUT2D eigenvalue weighted by atomic mass is 16.5. The van der Waals surface area contributed by atoms with Crippen LogP contribution in [0.15, 0.2) is 5.11 Å². The zero-order chi connectivity index (χ0) is 9.56. The van der Waals surface area contributed by atoms with Crippen LogP contribution in [-0.4, -0.2) is 19.1 Å². The molecule has 0 rings (SSSR count). The molecular formula is C7H13N3O2. The molecular weight excluding hydrogens is 158 g/mol. The first-order valence-electron chi connectivity index (χ1n) is 3.73. The first-order chi connectivity index (χ1) is 5.61. The van der Waals surface area contributed by atoms with Gasteiger partial charge in [0.25, 0.3) is 0 Å². The van der Waals surface area contributed by atoms with Gasteiger partial charge < -0.3 is 4.74 Å². The van der Waals surface area contributed by atoms with E-state index >= 15 is 0 Å². The van der Waals surface area contributed by atoms with E-state index in [1.54, 1.807) is 13.8 Å². The van der Waals surface area contributed by atoms with Crippen LogP contribution in [0.3, 0.4) is 0 Å². The molecule has 0 aromatic rings. The predicted molar refractivity (Wildman–Crippen MR) is 44.4 cm³/mol. The van der Waals surface area contributed by atoms with Gasteiger partial charge in [-0.15, -0.1) is 0 Å². The topological polar surface area (TPSA) is 75.1 Å². The van der Waals surface area contributed by atoms with E-state index in [2.05, 4.69) is 14.8 Å². The summed E-state index contributed by atoms with van der Waals surface area (Å²) in [5, 5.41) is 3.45. The molecule has 0 bridgehead atoms. The molecule has 0 fully saturated rings. The van der Waals surface area contributed by atoms with E-state index in [9.17, 15) is 4.79 Å². The van der Waals surface area contributed by atoms with E-state index in [4.69, 9.17) is 5.53 Å². The molecule has 5 nitrogen and oxygen atoms in total. The third-order valence-electron chi connectivity index (χ3n) is 1.55. The quantitative estimate of drug-likeness (QED) is 0.280. The van der Waals surface area contributed by atoms with Crippen LogP contribution in [0.2, 0.25) is 0 Å². The van der Waals surface area contributed by atoms with Crippen LogP contribution in [0.25, 0.3) is 10.4 Å². The van der Waals surface area contributed by atoms with Gasteiger partial charge in [0.2, 0.25) is 0 Å². The predicted octanol–water partition coefficient (Wildman–Crippen LogP) is 1.88. The number of rotatable bonds is 4. The molecule has 0 heterocycles. The highest BCUT2D eigenvalue weighted by molar-refractivity contribution is 5.71. The number of ether oxygens (including phenoxy) is 1. The van der Waals surface area contributed by atoms with Crippen molar-refractivity contribution < 1.29 is 9.53 Å². The van der Waals surface area contributed by atoms with E-state index in [0.29, 0.717) is 6.42 Å². The molecule has 0 radical (unpaired) electrons. The van der Waals surface area contributed by atoms with Gasteiger partial charge in [-0.05, 0) is 12.0 Å². The Labute approximate surface area is 71.3 Å². The molecule has 2 atom stereocenters. The van der Waals surface area contributed by atoms with Gasteiger partial charge in [0.1, 0.15) is 0 Å². The minimum absolute atomic E-state index is 0.163. The molecule has 0 aliphatic carbocycles. The molecule has 0 aromatic heterocycles. The minimum Gasteiger partial charge on any atom is -0.469 e. The molecule has 2 unspecified atom stereocenters. The summed E-state index contributed by atoms with van der Waals surface area (Å²) < 4.78 is 4.52. The van der Waals surface area contributed by atoms with Gasteiger partial charge in [0.05, 0.1) is 13.0 Å². The van der Waals surface area contributed by atoms with E-state index < -0.39 is 0 Å². The van der Waals surface area contributed by atoms with Crippen molar-refractivity contribution in [2.75, 3.05) is 7.11 Å². The van der Waals surface area contributed by atoms with Crippen molar-refractivity contribution in [2.45, 2.75) is 26.3 Å². The van der Waals surface area contributed by atoms with Crippen LogP contribution in [0.4, 0.5) is 0 Å². The van der Waals surface area contributed by atoms with E-state index in [-0.39, 0.29) is 17.9 Å². The Bertz CT molecular complexity index is 199. The van der Waals surface area contributed by atoms with Crippen LogP contribution in [0.1, 0.15) is 20.3 Å². The van der Waals surface area contributed by atoms with Crippen LogP contribution in [0, 0.1) is 5.92 Å². The molecule has 0 saturated heterocycles. The number of hydrogen-bond donors (Lipinski definition) is 0. The Morgan fingerprint density at radius 1 is 1.67 bits per heavy atom. The van der Waals surface area contributed by atoms with Gasteiger partial charge in [0.15, 0.2) is 0 Å². The second-order valence-electron chi connectivity index (χ2n) is 2.71. The van der Waals surface area contributed by atoms with Crippen molar-refractivity contribution in [3.05, 3.63) is 10.4 Å². The first kappa shape index (κ1) is 10.8. The lowest BCUT2D eigenvalue weighted by Crippen LogP contribution is -2.16. The molecule has 12 heavy (non-hydrogen) atoms. The largest absolute Gasteiger partial charge is 0.469 e. The summed E-state index contributed by atoms with van der Waals surface area (Å²) in [6.07, 6.45) is 0.525. The second-order valence-corrected chi connectivity index (χ2v) is 2.71. The number of azide groups is 1. The summed E-state index contributed by atoms with van der Waals surface area (Å²) in [5.41, 5.74) is 8.09. The summed E-state index contributed by atoms with van der Waals surface area (Å²) in [5.74, 6) is -0.481. The lowest BCUT2D eigenvalue weighted by molar-refractivity contribution is -0.145. The first-order valence-corrected chi connectivity index (χ1v) is 3.73. The van der Waals surface area contributed by atoms with Gasteiger partial charge in [-0.1, -0.05) is 19.0 Å². The number of carbonyl (C=O) groups excluding carboxylic acids is 1. The standard InChI is InChI=1S/C7H13N3O2/c1-5(7(11)12-3)4-6(2)9-10-8/h5-6H,4H2,1-3H3. The third kappa shape index (κ3) is 3.83. The maximum Gasteiger partial charge on any atom is 0.308 e. The van der Waals surface area contributed by atoms with Crippen LogP contribution >= 0.6 is 0 Å². The zero-order valence-electron chi connectivity index (χ0n) is 7.52. The molecule has 68 valence electrons. The number of nitrogens with zero attached hydrogens (tertiary/aromatic N) is 3. The highest BCUT2D eigenvalue weighted by Crippen LogP contribution is 2.09. The van der Waals surface area contributed by atoms with Crippen molar-refractivity contribution >= 4 is 5.97 Å². The molecule has 0 amide bonds. The Morgan fingerprint density at radius 2 is 2.25 bits per heavy atom. The summed E-state index contributed by atoms with van der Waals surface area (Å²) in [6.45, 7) is 3.51. The van der Waals surface area contributed by atoms with Crippen molar-refractivity contribution in [2.24, 2.45) is 11.0 Å². The molecule has 0 saturated carbocycles. The Balaban J connectivity index is 3.90. The van der Waals surface area contributed by atoms with Gasteiger partial charge in [-0.3, -0.25) is 4.79 Å². The summed E-state index contributed by atoms with van der Waals surface area (Å²) >= 11 is 0. The van der Waals surface area contributed by atoms with Crippen LogP contribution < -0.4 is 0 Å². The number of carbonyl (C=O) groups is 1. The van der Waals surface area contributed by atoms with Crippen LogP contribution in [0.5, 0.6) is 0 Å². The maximum absolute atomic E-state index is 10.9. The average Bonchev–Trinajstić information content (AvgIpc) is 2.03. The lowest BCUT2D eigenvalue weighted by Gasteiger charge is -2.10. The normalized spacial score (nSPS) is 14.2. The molecule has 0 spiro atoms. The van der Waals surface area contributed by atoms with Gasteiger partial charge in [0, 0.05) is 11.0 Å². The highest BCUT2D eigenvalue weighted by Gasteiger charge is 2.15. The average molecular weight is 171 g/mol. The van der Waals surface area contributed by atoms with Crippen molar-refractivity contribution in [3.63, 3.8) is 0 Å². The molecule has 0 N–H and O–H groups in total. The molecule has 0 aliphatic rings. The van der Waals surface area contributed by atoms with Gasteiger partial charge >= 0.3 is 5.97 Å². The van der Waals surface area contributed by atoms with Crippen molar-refractivity contribution in [1.82, 2.24) is 0 Å². The Morgan fingerprint density at radius 3 is 2.67 bits per heavy atom. The van der Waals surface area contributed by atoms with Crippen molar-refractivity contribution in [3.8, 4) is 0 Å². The fourth-order valence-corrected chi connectivity index (χ4v) is 0.944. The molecule has 5 heteroatoms. The SMILES string of the molecule is COC(=O)C(C)CC(C)N=[N+]=[N-]. The monoisotopic (exact) mass is 171 g/mol. The van der Waals surface area contributed by atoms with E-state index in [1.165, 1.54) is 7.11 Å². The lowest BCUT2D eigenvalue weighted by atomic mass is 10.0. The smallest absolute Gasteiger partial charge is 0.308 e. The van der Waals surface area contributed by atoms with Gasteiger partial charge in [-0.25, -0.2) is 0 Å². The molecule has 0 aliphatic heterocycles.